The first-order valence-electron chi connectivity index (χ1n) is 12.2. The molecule has 3 aromatic carbocycles. The molecule has 0 aliphatic heterocycles. The summed E-state index contributed by atoms with van der Waals surface area (Å²) in [5, 5.41) is 19.8. The smallest absolute Gasteiger partial charge is 0.296 e. The second-order valence-corrected chi connectivity index (χ2v) is 9.64. The predicted octanol–water partition coefficient (Wildman–Crippen LogP) is 5.13. The third-order valence-corrected chi connectivity index (χ3v) is 6.70. The fourth-order valence-corrected chi connectivity index (χ4v) is 4.49. The van der Waals surface area contributed by atoms with Crippen LogP contribution in [-0.2, 0) is 12.0 Å². The molecule has 2 aromatic heterocycles. The van der Waals surface area contributed by atoms with E-state index in [0.717, 1.165) is 11.1 Å². The molecule has 0 bridgehead atoms. The third kappa shape index (κ3) is 4.90. The number of nitrogens with zero attached hydrogens (tertiary/aromatic N) is 3. The van der Waals surface area contributed by atoms with Gasteiger partial charge in [0.1, 0.15) is 29.9 Å². The van der Waals surface area contributed by atoms with Crippen LogP contribution in [0, 0.1) is 6.92 Å². The number of aromatic nitrogens is 3. The monoisotopic (exact) mass is 495 g/mol. The molecule has 0 fully saturated rings. The maximum atomic E-state index is 13.0. The van der Waals surface area contributed by atoms with E-state index < -0.39 is 11.7 Å². The van der Waals surface area contributed by atoms with Gasteiger partial charge in [0.15, 0.2) is 5.52 Å². The number of aryl methyl sites for hydroxylation is 1. The van der Waals surface area contributed by atoms with Gasteiger partial charge in [-0.3, -0.25) is 4.79 Å². The number of fused-ring (bicyclic) bond motifs is 1. The van der Waals surface area contributed by atoms with Gasteiger partial charge in [0.05, 0.1) is 11.9 Å². The second kappa shape index (κ2) is 10.0. The van der Waals surface area contributed by atoms with Crippen LogP contribution in [0.4, 0.5) is 0 Å². The maximum Gasteiger partial charge on any atom is 0.296 e. The standard InChI is InChI=1S/C30H29N3O4/c1-20-26-27(21-10-6-4-7-11-21)31-33(29(35)28(26)32-37-20)18-24(34)19-36-25-16-14-23(15-17-25)30(2,3)22-12-8-5-9-13-22/h4-17,24,34H,18-19H2,1-3H3. The van der Waals surface area contributed by atoms with E-state index in [2.05, 4.69) is 36.2 Å². The fourth-order valence-electron chi connectivity index (χ4n) is 4.49. The Bertz CT molecular complexity index is 1560. The highest BCUT2D eigenvalue weighted by atomic mass is 16.5. The number of hydrogen-bond acceptors (Lipinski definition) is 6. The van der Waals surface area contributed by atoms with Gasteiger partial charge in [-0.1, -0.05) is 91.8 Å². The van der Waals surface area contributed by atoms with Gasteiger partial charge < -0.3 is 14.4 Å². The molecule has 5 rings (SSSR count). The lowest BCUT2D eigenvalue weighted by molar-refractivity contribution is 0.0882. The summed E-state index contributed by atoms with van der Waals surface area (Å²) in [6.45, 7) is 6.08. The van der Waals surface area contributed by atoms with E-state index >= 15 is 0 Å². The van der Waals surface area contributed by atoms with Crippen LogP contribution in [0.3, 0.4) is 0 Å². The van der Waals surface area contributed by atoms with Gasteiger partial charge in [0.25, 0.3) is 5.56 Å². The van der Waals surface area contributed by atoms with Crippen molar-refractivity contribution in [1.82, 2.24) is 14.9 Å². The SMILES string of the molecule is Cc1onc2c(=O)n(CC(O)COc3ccc(C(C)(C)c4ccccc4)cc3)nc(-c3ccccc3)c12. The van der Waals surface area contributed by atoms with Gasteiger partial charge in [-0.25, -0.2) is 4.68 Å². The van der Waals surface area contributed by atoms with Crippen molar-refractivity contribution in [2.75, 3.05) is 6.61 Å². The normalized spacial score (nSPS) is 12.5. The van der Waals surface area contributed by atoms with Gasteiger partial charge >= 0.3 is 0 Å². The number of aliphatic hydroxyl groups is 1. The summed E-state index contributed by atoms with van der Waals surface area (Å²) in [7, 11) is 0. The summed E-state index contributed by atoms with van der Waals surface area (Å²) in [5.41, 5.74) is 3.42. The summed E-state index contributed by atoms with van der Waals surface area (Å²) in [4.78, 5) is 13.0. The van der Waals surface area contributed by atoms with Crippen LogP contribution in [0.5, 0.6) is 5.75 Å². The maximum absolute atomic E-state index is 13.0. The van der Waals surface area contributed by atoms with Crippen molar-refractivity contribution in [2.24, 2.45) is 0 Å². The molecular formula is C30H29N3O4. The Morgan fingerprint density at radius 1 is 0.946 bits per heavy atom. The first kappa shape index (κ1) is 24.5. The molecule has 188 valence electrons. The van der Waals surface area contributed by atoms with Crippen LogP contribution >= 0.6 is 0 Å². The molecule has 0 aliphatic rings. The zero-order valence-electron chi connectivity index (χ0n) is 21.1. The van der Waals surface area contributed by atoms with E-state index in [1.807, 2.05) is 72.8 Å². The molecule has 7 heteroatoms. The van der Waals surface area contributed by atoms with E-state index in [9.17, 15) is 9.90 Å². The largest absolute Gasteiger partial charge is 0.491 e. The van der Waals surface area contributed by atoms with Gasteiger partial charge in [0.2, 0.25) is 0 Å². The van der Waals surface area contributed by atoms with Crippen molar-refractivity contribution in [2.45, 2.75) is 38.8 Å². The molecule has 0 saturated carbocycles. The Balaban J connectivity index is 1.31. The van der Waals surface area contributed by atoms with E-state index in [0.29, 0.717) is 22.6 Å². The minimum atomic E-state index is -0.959. The average molecular weight is 496 g/mol. The van der Waals surface area contributed by atoms with Crippen molar-refractivity contribution in [3.05, 3.63) is 112 Å². The van der Waals surface area contributed by atoms with Crippen molar-refractivity contribution >= 4 is 10.9 Å². The summed E-state index contributed by atoms with van der Waals surface area (Å²) in [6, 6.07) is 27.7. The predicted molar refractivity (Wildman–Crippen MR) is 143 cm³/mol. The van der Waals surface area contributed by atoms with E-state index in [4.69, 9.17) is 9.26 Å². The van der Waals surface area contributed by atoms with Crippen molar-refractivity contribution in [3.8, 4) is 17.0 Å². The zero-order valence-corrected chi connectivity index (χ0v) is 21.1. The summed E-state index contributed by atoms with van der Waals surface area (Å²) in [6.07, 6.45) is -0.959. The van der Waals surface area contributed by atoms with Gasteiger partial charge in [-0.05, 0) is 30.2 Å². The zero-order chi connectivity index (χ0) is 26.0. The van der Waals surface area contributed by atoms with Crippen LogP contribution in [0.2, 0.25) is 0 Å². The molecule has 1 N–H and O–H groups in total. The minimum Gasteiger partial charge on any atom is -0.491 e. The van der Waals surface area contributed by atoms with Crippen molar-refractivity contribution < 1.29 is 14.4 Å². The van der Waals surface area contributed by atoms with E-state index in [-0.39, 0.29) is 24.1 Å². The van der Waals surface area contributed by atoms with Crippen molar-refractivity contribution in [1.29, 1.82) is 0 Å². The molecule has 0 spiro atoms. The number of ether oxygens (including phenoxy) is 1. The highest BCUT2D eigenvalue weighted by molar-refractivity contribution is 5.92. The number of benzene rings is 3. The number of aliphatic hydroxyl groups excluding tert-OH is 1. The van der Waals surface area contributed by atoms with Gasteiger partial charge in [-0.15, -0.1) is 0 Å². The Morgan fingerprint density at radius 3 is 2.24 bits per heavy atom. The highest BCUT2D eigenvalue weighted by Crippen LogP contribution is 2.32. The Hall–Kier alpha value is -4.23. The number of hydrogen-bond donors (Lipinski definition) is 1. The van der Waals surface area contributed by atoms with Crippen molar-refractivity contribution in [3.63, 3.8) is 0 Å². The second-order valence-electron chi connectivity index (χ2n) is 9.64. The molecule has 0 radical (unpaired) electrons. The molecule has 0 aliphatic carbocycles. The quantitative estimate of drug-likeness (QED) is 0.321. The van der Waals surface area contributed by atoms with Crippen LogP contribution in [0.1, 0.15) is 30.7 Å². The van der Waals surface area contributed by atoms with E-state index in [1.54, 1.807) is 6.92 Å². The summed E-state index contributed by atoms with van der Waals surface area (Å²) >= 11 is 0. The van der Waals surface area contributed by atoms with Crippen LogP contribution in [-0.4, -0.2) is 32.8 Å². The molecule has 0 amide bonds. The molecule has 37 heavy (non-hydrogen) atoms. The molecule has 0 saturated heterocycles. The topological polar surface area (TPSA) is 90.4 Å². The summed E-state index contributed by atoms with van der Waals surface area (Å²) in [5.74, 6) is 1.16. The molecule has 7 nitrogen and oxygen atoms in total. The van der Waals surface area contributed by atoms with Crippen LogP contribution in [0.15, 0.2) is 94.2 Å². The highest BCUT2D eigenvalue weighted by Gasteiger charge is 2.23. The summed E-state index contributed by atoms with van der Waals surface area (Å²) < 4.78 is 12.4. The molecule has 2 heterocycles. The third-order valence-electron chi connectivity index (χ3n) is 6.70. The van der Waals surface area contributed by atoms with Crippen LogP contribution < -0.4 is 10.3 Å². The lowest BCUT2D eigenvalue weighted by Crippen LogP contribution is -2.32. The Labute approximate surface area is 214 Å². The number of rotatable bonds is 8. The fraction of sp³-hybridized carbons (Fsp3) is 0.233. The molecule has 1 atom stereocenters. The molecular weight excluding hydrogens is 466 g/mol. The van der Waals surface area contributed by atoms with Crippen LogP contribution in [0.25, 0.3) is 22.2 Å². The van der Waals surface area contributed by atoms with Gasteiger partial charge in [0, 0.05) is 11.0 Å². The van der Waals surface area contributed by atoms with Gasteiger partial charge in [-0.2, -0.15) is 5.10 Å². The lowest BCUT2D eigenvalue weighted by Gasteiger charge is -2.26. The molecule has 1 unspecified atom stereocenters. The Morgan fingerprint density at radius 2 is 1.57 bits per heavy atom. The van der Waals surface area contributed by atoms with E-state index in [1.165, 1.54) is 10.2 Å². The first-order chi connectivity index (χ1) is 17.8. The minimum absolute atomic E-state index is 0.00605. The first-order valence-corrected chi connectivity index (χ1v) is 12.2. The Kier molecular flexibility index (Phi) is 6.63. The lowest BCUT2D eigenvalue weighted by atomic mass is 9.78. The average Bonchev–Trinajstić information content (AvgIpc) is 3.32. The molecule has 5 aromatic rings.